The van der Waals surface area contributed by atoms with Gasteiger partial charge in [0.1, 0.15) is 30.5 Å². The molecular weight excluding hydrogens is 656 g/mol. The van der Waals surface area contributed by atoms with Crippen LogP contribution >= 0.6 is 0 Å². The lowest BCUT2D eigenvalue weighted by Gasteiger charge is -2.70. The Morgan fingerprint density at radius 1 is 0.941 bits per heavy atom. The van der Waals surface area contributed by atoms with E-state index in [-0.39, 0.29) is 6.61 Å². The standard InChI is InChI=1S/C40H50O11/c1-22(29-13-11-10-12-14-29)20-40(46)23(2)19-32(49-26(5)42)38(9)31(40)17-18-37(8)30-15-16-33(45)47-21-39(30,24(3)48-25(4)41)36(51-28(7)44)34(35(37)38)50-27(6)43/h10-16,19-20,24,30-32,34-36,46H,17-18,21H2,1-9H3/b22-20-/t24?,30?,31?,32-,34+,35?,36+,37+,38-,39-,40+/m1/s1. The molecule has 51 heavy (non-hydrogen) atoms. The Morgan fingerprint density at radius 3 is 2.16 bits per heavy atom. The van der Waals surface area contributed by atoms with Crippen molar-refractivity contribution in [1.29, 1.82) is 0 Å². The number of ether oxygens (including phenoxy) is 5. The highest BCUT2D eigenvalue weighted by atomic mass is 16.6. The molecule has 0 bridgehead atoms. The maximum absolute atomic E-state index is 13.2. The number of carbonyl (C=O) groups is 5. The van der Waals surface area contributed by atoms with Crippen LogP contribution in [0.3, 0.4) is 0 Å². The second-order valence-corrected chi connectivity index (χ2v) is 15.3. The highest BCUT2D eigenvalue weighted by Gasteiger charge is 2.76. The molecule has 1 aromatic rings. The van der Waals surface area contributed by atoms with Crippen molar-refractivity contribution < 1.29 is 52.8 Å². The lowest BCUT2D eigenvalue weighted by molar-refractivity contribution is -0.301. The molecule has 0 radical (unpaired) electrons. The first-order valence-corrected chi connectivity index (χ1v) is 17.5. The normalized spacial score (nSPS) is 37.9. The summed E-state index contributed by atoms with van der Waals surface area (Å²) in [7, 11) is 0. The van der Waals surface area contributed by atoms with Crippen LogP contribution in [0.1, 0.15) is 80.7 Å². The summed E-state index contributed by atoms with van der Waals surface area (Å²) in [6.07, 6.45) is 3.10. The third-order valence-electron chi connectivity index (χ3n) is 12.3. The zero-order valence-electron chi connectivity index (χ0n) is 30.9. The quantitative estimate of drug-likeness (QED) is 0.224. The molecule has 1 N–H and O–H groups in total. The molecule has 276 valence electrons. The van der Waals surface area contributed by atoms with Gasteiger partial charge in [-0.05, 0) is 73.8 Å². The molecule has 4 unspecified atom stereocenters. The van der Waals surface area contributed by atoms with E-state index in [0.717, 1.165) is 11.1 Å². The minimum absolute atomic E-state index is 0.314. The summed E-state index contributed by atoms with van der Waals surface area (Å²) in [4.78, 5) is 64.5. The largest absolute Gasteiger partial charge is 0.462 e. The number of hydrogen-bond donors (Lipinski definition) is 1. The van der Waals surface area contributed by atoms with E-state index in [0.29, 0.717) is 18.4 Å². The molecule has 0 aromatic heterocycles. The van der Waals surface area contributed by atoms with Crippen LogP contribution in [0, 0.1) is 34.0 Å². The maximum Gasteiger partial charge on any atom is 0.330 e. The summed E-state index contributed by atoms with van der Waals surface area (Å²) >= 11 is 0. The van der Waals surface area contributed by atoms with Gasteiger partial charge in [-0.2, -0.15) is 0 Å². The monoisotopic (exact) mass is 706 g/mol. The van der Waals surface area contributed by atoms with Gasteiger partial charge in [-0.1, -0.05) is 50.3 Å². The van der Waals surface area contributed by atoms with E-state index in [2.05, 4.69) is 0 Å². The molecule has 0 amide bonds. The molecule has 2 saturated carbocycles. The summed E-state index contributed by atoms with van der Waals surface area (Å²) in [5.41, 5.74) is -2.67. The van der Waals surface area contributed by atoms with E-state index < -0.39 is 93.9 Å². The van der Waals surface area contributed by atoms with Gasteiger partial charge in [-0.15, -0.1) is 0 Å². The van der Waals surface area contributed by atoms with E-state index in [1.807, 2.05) is 64.1 Å². The van der Waals surface area contributed by atoms with Crippen molar-refractivity contribution in [3.63, 3.8) is 0 Å². The fourth-order valence-electron chi connectivity index (χ4n) is 10.4. The number of rotatable bonds is 7. The third-order valence-corrected chi connectivity index (χ3v) is 12.3. The second-order valence-electron chi connectivity index (χ2n) is 15.3. The molecule has 1 heterocycles. The summed E-state index contributed by atoms with van der Waals surface area (Å²) in [6.45, 7) is 14.1. The molecule has 11 atom stereocenters. The molecule has 0 saturated heterocycles. The predicted molar refractivity (Wildman–Crippen MR) is 185 cm³/mol. The minimum Gasteiger partial charge on any atom is -0.462 e. The summed E-state index contributed by atoms with van der Waals surface area (Å²) in [6, 6.07) is 9.68. The highest BCUT2D eigenvalue weighted by Crippen LogP contribution is 2.72. The Hall–Kier alpha value is -4.25. The van der Waals surface area contributed by atoms with Gasteiger partial charge in [0.15, 0.2) is 6.10 Å². The zero-order valence-corrected chi connectivity index (χ0v) is 30.9. The Bertz CT molecular complexity index is 1680. The Morgan fingerprint density at radius 2 is 1.57 bits per heavy atom. The van der Waals surface area contributed by atoms with Crippen LogP contribution in [-0.2, 0) is 47.7 Å². The molecule has 3 aliphatic carbocycles. The molecule has 2 fully saturated rings. The van der Waals surface area contributed by atoms with Gasteiger partial charge in [0.2, 0.25) is 0 Å². The van der Waals surface area contributed by atoms with Crippen LogP contribution in [0.4, 0.5) is 0 Å². The number of hydrogen-bond acceptors (Lipinski definition) is 11. The average Bonchev–Trinajstić information content (AvgIpc) is 3.21. The summed E-state index contributed by atoms with van der Waals surface area (Å²) in [5.74, 6) is -5.15. The number of allylic oxidation sites excluding steroid dienone is 2. The van der Waals surface area contributed by atoms with E-state index in [9.17, 15) is 29.1 Å². The first kappa shape index (κ1) is 38.0. The van der Waals surface area contributed by atoms with Crippen LogP contribution in [0.5, 0.6) is 0 Å². The van der Waals surface area contributed by atoms with Crippen LogP contribution in [0.2, 0.25) is 0 Å². The third kappa shape index (κ3) is 6.32. The second kappa shape index (κ2) is 13.7. The molecule has 11 heteroatoms. The van der Waals surface area contributed by atoms with Crippen molar-refractivity contribution in [2.24, 2.45) is 34.0 Å². The van der Waals surface area contributed by atoms with Gasteiger partial charge in [-0.3, -0.25) is 19.2 Å². The Balaban J connectivity index is 1.84. The van der Waals surface area contributed by atoms with Crippen molar-refractivity contribution in [2.45, 2.75) is 105 Å². The number of fused-ring (bicyclic) bond motifs is 5. The zero-order chi connectivity index (χ0) is 37.7. The van der Waals surface area contributed by atoms with Crippen molar-refractivity contribution in [1.82, 2.24) is 0 Å². The van der Waals surface area contributed by atoms with Crippen LogP contribution in [0.15, 0.2) is 60.2 Å². The van der Waals surface area contributed by atoms with Gasteiger partial charge in [-0.25, -0.2) is 4.79 Å². The SMILES string of the molecule is CC(=O)OC(C)[C@]12COC(=O)C=CC1[C@]1(C)CCC3[C@@](C)(C1[C@H](OC(C)=O)[C@@H]2OC(C)=O)[C@H](OC(C)=O)C=C(C)[C@@]3(O)/C=C(/C)c1ccccc1. The smallest absolute Gasteiger partial charge is 0.330 e. The van der Waals surface area contributed by atoms with Crippen LogP contribution in [0.25, 0.3) is 5.57 Å². The van der Waals surface area contributed by atoms with Crippen molar-refractivity contribution in [3.05, 3.63) is 65.8 Å². The molecule has 5 rings (SSSR count). The van der Waals surface area contributed by atoms with Crippen LogP contribution < -0.4 is 0 Å². The maximum atomic E-state index is 13.2. The first-order valence-electron chi connectivity index (χ1n) is 17.5. The number of aliphatic hydroxyl groups is 1. The van der Waals surface area contributed by atoms with E-state index in [4.69, 9.17) is 23.7 Å². The molecular formula is C40H50O11. The van der Waals surface area contributed by atoms with E-state index in [1.165, 1.54) is 33.8 Å². The van der Waals surface area contributed by atoms with E-state index >= 15 is 0 Å². The Kier molecular flexibility index (Phi) is 10.2. The lowest BCUT2D eigenvalue weighted by atomic mass is 9.36. The number of esters is 5. The van der Waals surface area contributed by atoms with Gasteiger partial charge in [0.25, 0.3) is 0 Å². The predicted octanol–water partition coefficient (Wildman–Crippen LogP) is 5.30. The van der Waals surface area contributed by atoms with Crippen molar-refractivity contribution in [2.75, 3.05) is 6.61 Å². The minimum atomic E-state index is -1.54. The fraction of sp³-hybridized carbons (Fsp3) is 0.575. The molecule has 4 aliphatic rings. The Labute approximate surface area is 299 Å². The van der Waals surface area contributed by atoms with Crippen molar-refractivity contribution >= 4 is 35.4 Å². The number of benzene rings is 1. The highest BCUT2D eigenvalue weighted by molar-refractivity contribution is 5.82. The average molecular weight is 707 g/mol. The summed E-state index contributed by atoms with van der Waals surface area (Å²) in [5, 5.41) is 13.0. The molecule has 1 aliphatic heterocycles. The number of carbonyl (C=O) groups excluding carboxylic acids is 5. The molecule has 0 spiro atoms. The first-order chi connectivity index (χ1) is 23.8. The fourth-order valence-corrected chi connectivity index (χ4v) is 10.4. The van der Waals surface area contributed by atoms with Crippen molar-refractivity contribution in [3.8, 4) is 0 Å². The molecule has 1 aromatic carbocycles. The lowest BCUT2D eigenvalue weighted by Crippen LogP contribution is -2.76. The van der Waals surface area contributed by atoms with E-state index in [1.54, 1.807) is 19.1 Å². The van der Waals surface area contributed by atoms with Crippen LogP contribution in [-0.4, -0.2) is 71.6 Å². The van der Waals surface area contributed by atoms with Gasteiger partial charge in [0, 0.05) is 51.0 Å². The van der Waals surface area contributed by atoms with Gasteiger partial charge < -0.3 is 28.8 Å². The topological polar surface area (TPSA) is 152 Å². The van der Waals surface area contributed by atoms with Gasteiger partial charge >= 0.3 is 29.8 Å². The summed E-state index contributed by atoms with van der Waals surface area (Å²) < 4.78 is 30.1. The van der Waals surface area contributed by atoms with Gasteiger partial charge in [0.05, 0.1) is 5.41 Å². The number of cyclic esters (lactones) is 1. The molecule has 11 nitrogen and oxygen atoms in total.